The Morgan fingerprint density at radius 3 is 2.47 bits per heavy atom. The molecule has 0 aromatic heterocycles. The number of carbonyl (C=O) groups excluding carboxylic acids is 1. The third-order valence-electron chi connectivity index (χ3n) is 3.21. The number of hydrogen-bond donors (Lipinski definition) is 1. The van der Waals surface area contributed by atoms with Gasteiger partial charge in [-0.05, 0) is 37.6 Å². The second-order valence-electron chi connectivity index (χ2n) is 5.35. The van der Waals surface area contributed by atoms with Crippen LogP contribution in [0.25, 0.3) is 0 Å². The molecule has 0 radical (unpaired) electrons. The molecule has 0 saturated carbocycles. The van der Waals surface area contributed by atoms with Crippen LogP contribution in [0.1, 0.15) is 40.5 Å². The van der Waals surface area contributed by atoms with Crippen LogP contribution in [0.15, 0.2) is 0 Å². The van der Waals surface area contributed by atoms with Crippen LogP contribution in [-0.2, 0) is 9.53 Å². The molecule has 2 atom stereocenters. The molecule has 3 heteroatoms. The van der Waals surface area contributed by atoms with E-state index in [9.17, 15) is 4.79 Å². The van der Waals surface area contributed by atoms with Gasteiger partial charge in [0.1, 0.15) is 6.04 Å². The maximum Gasteiger partial charge on any atom is 0.323 e. The lowest BCUT2D eigenvalue weighted by atomic mass is 9.75. The van der Waals surface area contributed by atoms with E-state index in [0.29, 0.717) is 17.9 Å². The minimum Gasteiger partial charge on any atom is -0.465 e. The molecular weight excluding hydrogens is 190 g/mol. The number of carbonyl (C=O) groups is 1. The SMILES string of the molecule is CCOC(=O)[C@@H]1CC[C@H](C(C)(C)C)CN1. The van der Waals surface area contributed by atoms with Crippen molar-refractivity contribution in [2.75, 3.05) is 13.2 Å². The Labute approximate surface area is 92.6 Å². The van der Waals surface area contributed by atoms with Crippen molar-refractivity contribution >= 4 is 5.97 Å². The lowest BCUT2D eigenvalue weighted by molar-refractivity contribution is -0.146. The molecule has 3 nitrogen and oxygen atoms in total. The first-order valence-corrected chi connectivity index (χ1v) is 5.85. The fourth-order valence-electron chi connectivity index (χ4n) is 2.04. The van der Waals surface area contributed by atoms with Gasteiger partial charge in [-0.3, -0.25) is 4.79 Å². The van der Waals surface area contributed by atoms with Gasteiger partial charge in [-0.25, -0.2) is 0 Å². The molecule has 0 spiro atoms. The van der Waals surface area contributed by atoms with Gasteiger partial charge in [-0.15, -0.1) is 0 Å². The lowest BCUT2D eigenvalue weighted by Gasteiger charge is -2.36. The number of esters is 1. The highest BCUT2D eigenvalue weighted by atomic mass is 16.5. The molecule has 1 aliphatic heterocycles. The summed E-state index contributed by atoms with van der Waals surface area (Å²) in [7, 11) is 0. The van der Waals surface area contributed by atoms with Crippen LogP contribution in [0.4, 0.5) is 0 Å². The van der Waals surface area contributed by atoms with E-state index in [4.69, 9.17) is 4.74 Å². The summed E-state index contributed by atoms with van der Waals surface area (Å²) in [6.07, 6.45) is 2.01. The third kappa shape index (κ3) is 3.49. The molecule has 1 saturated heterocycles. The van der Waals surface area contributed by atoms with Gasteiger partial charge >= 0.3 is 5.97 Å². The van der Waals surface area contributed by atoms with E-state index in [1.54, 1.807) is 0 Å². The zero-order valence-electron chi connectivity index (χ0n) is 10.3. The van der Waals surface area contributed by atoms with E-state index in [1.807, 2.05) is 6.92 Å². The fourth-order valence-corrected chi connectivity index (χ4v) is 2.04. The topological polar surface area (TPSA) is 38.3 Å². The van der Waals surface area contributed by atoms with Crippen LogP contribution >= 0.6 is 0 Å². The molecule has 1 aliphatic rings. The first kappa shape index (κ1) is 12.5. The molecule has 0 bridgehead atoms. The Morgan fingerprint density at radius 2 is 2.07 bits per heavy atom. The number of nitrogens with one attached hydrogen (secondary N) is 1. The van der Waals surface area contributed by atoms with Crippen LogP contribution < -0.4 is 5.32 Å². The van der Waals surface area contributed by atoms with E-state index < -0.39 is 0 Å². The molecule has 1 rings (SSSR count). The smallest absolute Gasteiger partial charge is 0.323 e. The summed E-state index contributed by atoms with van der Waals surface area (Å²) in [5.41, 5.74) is 0.326. The van der Waals surface area contributed by atoms with E-state index in [2.05, 4.69) is 26.1 Å². The van der Waals surface area contributed by atoms with E-state index in [-0.39, 0.29) is 12.0 Å². The van der Waals surface area contributed by atoms with Crippen molar-refractivity contribution in [1.82, 2.24) is 5.32 Å². The Balaban J connectivity index is 2.39. The second kappa shape index (κ2) is 4.97. The van der Waals surface area contributed by atoms with Gasteiger partial charge in [0, 0.05) is 0 Å². The number of hydrogen-bond acceptors (Lipinski definition) is 3. The van der Waals surface area contributed by atoms with Crippen LogP contribution in [0.5, 0.6) is 0 Å². The first-order chi connectivity index (χ1) is 6.95. The Bertz CT molecular complexity index is 212. The standard InChI is InChI=1S/C12H23NO2/c1-5-15-11(14)10-7-6-9(8-13-10)12(2,3)4/h9-10,13H,5-8H2,1-4H3/t9-,10-/m0/s1. The number of ether oxygens (including phenoxy) is 1. The molecule has 15 heavy (non-hydrogen) atoms. The lowest BCUT2D eigenvalue weighted by Crippen LogP contribution is -2.47. The van der Waals surface area contributed by atoms with Gasteiger partial charge in [0.15, 0.2) is 0 Å². The largest absolute Gasteiger partial charge is 0.465 e. The predicted octanol–water partition coefficient (Wildman–Crippen LogP) is 1.96. The highest BCUT2D eigenvalue weighted by Crippen LogP contribution is 2.32. The summed E-state index contributed by atoms with van der Waals surface area (Å²) in [6, 6.07) is -0.0800. The van der Waals surface area contributed by atoms with Crippen LogP contribution in [0.3, 0.4) is 0 Å². The quantitative estimate of drug-likeness (QED) is 0.713. The summed E-state index contributed by atoms with van der Waals surface area (Å²) in [5.74, 6) is 0.563. The zero-order valence-corrected chi connectivity index (χ0v) is 10.3. The summed E-state index contributed by atoms with van der Waals surface area (Å²) >= 11 is 0. The van der Waals surface area contributed by atoms with E-state index >= 15 is 0 Å². The molecule has 1 fully saturated rings. The van der Waals surface area contributed by atoms with Crippen LogP contribution in [0.2, 0.25) is 0 Å². The monoisotopic (exact) mass is 213 g/mol. The van der Waals surface area contributed by atoms with Crippen molar-refractivity contribution in [3.05, 3.63) is 0 Å². The predicted molar refractivity (Wildman–Crippen MR) is 60.6 cm³/mol. The van der Waals surface area contributed by atoms with Gasteiger partial charge in [0.25, 0.3) is 0 Å². The van der Waals surface area contributed by atoms with Gasteiger partial charge in [0.2, 0.25) is 0 Å². The Morgan fingerprint density at radius 1 is 1.40 bits per heavy atom. The van der Waals surface area contributed by atoms with Crippen LogP contribution in [0, 0.1) is 11.3 Å². The minimum atomic E-state index is -0.0927. The van der Waals surface area contributed by atoms with Crippen molar-refractivity contribution in [2.45, 2.75) is 46.6 Å². The average molecular weight is 213 g/mol. The molecule has 1 N–H and O–H groups in total. The van der Waals surface area contributed by atoms with Crippen molar-refractivity contribution in [1.29, 1.82) is 0 Å². The minimum absolute atomic E-state index is 0.0800. The summed E-state index contributed by atoms with van der Waals surface area (Å²) < 4.78 is 5.00. The molecule has 0 aliphatic carbocycles. The molecular formula is C12H23NO2. The zero-order chi connectivity index (χ0) is 11.5. The van der Waals surface area contributed by atoms with E-state index in [1.165, 1.54) is 0 Å². The molecule has 1 heterocycles. The van der Waals surface area contributed by atoms with Gasteiger partial charge in [-0.2, -0.15) is 0 Å². The Kier molecular flexibility index (Phi) is 4.14. The van der Waals surface area contributed by atoms with Crippen molar-refractivity contribution in [3.63, 3.8) is 0 Å². The molecule has 0 amide bonds. The highest BCUT2D eigenvalue weighted by Gasteiger charge is 2.32. The summed E-state index contributed by atoms with van der Waals surface area (Å²) in [5, 5.41) is 3.29. The van der Waals surface area contributed by atoms with Gasteiger partial charge in [0.05, 0.1) is 6.61 Å². The fraction of sp³-hybridized carbons (Fsp3) is 0.917. The molecule has 88 valence electrons. The number of piperidine rings is 1. The summed E-state index contributed by atoms with van der Waals surface area (Å²) in [6.45, 7) is 10.0. The second-order valence-corrected chi connectivity index (χ2v) is 5.35. The maximum absolute atomic E-state index is 11.5. The third-order valence-corrected chi connectivity index (χ3v) is 3.21. The highest BCUT2D eigenvalue weighted by molar-refractivity contribution is 5.75. The maximum atomic E-state index is 11.5. The van der Waals surface area contributed by atoms with Crippen molar-refractivity contribution in [3.8, 4) is 0 Å². The molecule has 0 aromatic carbocycles. The van der Waals surface area contributed by atoms with Crippen molar-refractivity contribution in [2.24, 2.45) is 11.3 Å². The average Bonchev–Trinajstić information content (AvgIpc) is 2.17. The number of rotatable bonds is 2. The van der Waals surface area contributed by atoms with Crippen molar-refractivity contribution < 1.29 is 9.53 Å². The summed E-state index contributed by atoms with van der Waals surface area (Å²) in [4.78, 5) is 11.5. The van der Waals surface area contributed by atoms with Gasteiger partial charge in [-0.1, -0.05) is 20.8 Å². The molecule has 0 unspecified atom stereocenters. The Hall–Kier alpha value is -0.570. The van der Waals surface area contributed by atoms with E-state index in [0.717, 1.165) is 19.4 Å². The van der Waals surface area contributed by atoms with Crippen LogP contribution in [-0.4, -0.2) is 25.2 Å². The normalized spacial score (nSPS) is 27.5. The molecule has 0 aromatic rings. The first-order valence-electron chi connectivity index (χ1n) is 5.85. The van der Waals surface area contributed by atoms with Gasteiger partial charge < -0.3 is 10.1 Å².